The summed E-state index contributed by atoms with van der Waals surface area (Å²) in [5.41, 5.74) is 6.15. The third-order valence-corrected chi connectivity index (χ3v) is 3.14. The van der Waals surface area contributed by atoms with E-state index < -0.39 is 0 Å². The molecule has 1 N–H and O–H groups in total. The fraction of sp³-hybridized carbons (Fsp3) is 0.538. The van der Waals surface area contributed by atoms with E-state index in [1.54, 1.807) is 0 Å². The van der Waals surface area contributed by atoms with Crippen LogP contribution in [0.1, 0.15) is 47.3 Å². The molecule has 0 saturated carbocycles. The van der Waals surface area contributed by atoms with Gasteiger partial charge in [-0.05, 0) is 61.9 Å². The molecule has 0 aliphatic carbocycles. The maximum absolute atomic E-state index is 9.94. The lowest BCUT2D eigenvalue weighted by Gasteiger charge is -2.19. The van der Waals surface area contributed by atoms with E-state index in [2.05, 4.69) is 33.8 Å². The zero-order valence-electron chi connectivity index (χ0n) is 9.81. The molecule has 0 aliphatic rings. The van der Waals surface area contributed by atoms with Crippen LogP contribution in [0, 0.1) is 27.7 Å². The van der Waals surface area contributed by atoms with E-state index in [0.717, 1.165) is 12.0 Å². The predicted octanol–water partition coefficient (Wildman–Crippen LogP) is 3.36. The Hall–Kier alpha value is -0.820. The van der Waals surface area contributed by atoms with E-state index in [0.29, 0.717) is 0 Å². The minimum absolute atomic E-state index is 0.311. The molecule has 0 aromatic heterocycles. The maximum Gasteiger partial charge on any atom is 0.0792 e. The second-order valence-corrected chi connectivity index (χ2v) is 4.10. The highest BCUT2D eigenvalue weighted by atomic mass is 16.3. The van der Waals surface area contributed by atoms with Gasteiger partial charge in [0.25, 0.3) is 0 Å². The normalized spacial score (nSPS) is 13.0. The van der Waals surface area contributed by atoms with Crippen LogP contribution in [-0.4, -0.2) is 5.11 Å². The van der Waals surface area contributed by atoms with Gasteiger partial charge in [0.1, 0.15) is 0 Å². The Morgan fingerprint density at radius 2 is 1.50 bits per heavy atom. The third kappa shape index (κ3) is 1.83. The van der Waals surface area contributed by atoms with Gasteiger partial charge in [-0.15, -0.1) is 0 Å². The molecule has 0 saturated heterocycles. The third-order valence-electron chi connectivity index (χ3n) is 3.14. The first kappa shape index (κ1) is 11.3. The molecule has 78 valence electrons. The Kier molecular flexibility index (Phi) is 3.33. The summed E-state index contributed by atoms with van der Waals surface area (Å²) in [5, 5.41) is 9.94. The molecular formula is C13H20O. The molecule has 0 unspecified atom stereocenters. The van der Waals surface area contributed by atoms with Crippen LogP contribution in [-0.2, 0) is 0 Å². The van der Waals surface area contributed by atoms with Gasteiger partial charge in [0, 0.05) is 0 Å². The van der Waals surface area contributed by atoms with E-state index in [1.807, 2.05) is 6.92 Å². The van der Waals surface area contributed by atoms with Crippen molar-refractivity contribution in [1.82, 2.24) is 0 Å². The Labute approximate surface area is 86.8 Å². The van der Waals surface area contributed by atoms with Gasteiger partial charge < -0.3 is 5.11 Å². The first-order valence-corrected chi connectivity index (χ1v) is 5.24. The summed E-state index contributed by atoms with van der Waals surface area (Å²) in [6.45, 7) is 10.4. The van der Waals surface area contributed by atoms with Gasteiger partial charge in [-0.3, -0.25) is 0 Å². The molecule has 1 nitrogen and oxygen atoms in total. The molecule has 0 fully saturated rings. The first-order valence-electron chi connectivity index (χ1n) is 5.24. The van der Waals surface area contributed by atoms with Crippen molar-refractivity contribution in [2.24, 2.45) is 0 Å². The fourth-order valence-electron chi connectivity index (χ4n) is 1.95. The minimum Gasteiger partial charge on any atom is -0.388 e. The van der Waals surface area contributed by atoms with Crippen LogP contribution in [0.15, 0.2) is 6.07 Å². The van der Waals surface area contributed by atoms with Gasteiger partial charge in [0.2, 0.25) is 0 Å². The average Bonchev–Trinajstić information content (AvgIpc) is 2.15. The van der Waals surface area contributed by atoms with E-state index in [4.69, 9.17) is 0 Å². The Morgan fingerprint density at radius 3 is 1.86 bits per heavy atom. The van der Waals surface area contributed by atoms with Crippen LogP contribution in [0.2, 0.25) is 0 Å². The Morgan fingerprint density at radius 1 is 1.07 bits per heavy atom. The van der Waals surface area contributed by atoms with Gasteiger partial charge in [-0.25, -0.2) is 0 Å². The SMILES string of the molecule is CC[C@H](O)c1c(C)c(C)cc(C)c1C. The lowest BCUT2D eigenvalue weighted by molar-refractivity contribution is 0.172. The van der Waals surface area contributed by atoms with E-state index in [1.165, 1.54) is 22.3 Å². The first-order chi connectivity index (χ1) is 6.49. The lowest BCUT2D eigenvalue weighted by atomic mass is 9.90. The molecule has 1 aromatic rings. The molecule has 0 heterocycles. The molecule has 0 bridgehead atoms. The molecule has 1 heteroatoms. The number of aliphatic hydroxyl groups is 1. The molecular weight excluding hydrogens is 172 g/mol. The molecule has 0 spiro atoms. The number of rotatable bonds is 2. The van der Waals surface area contributed by atoms with Crippen molar-refractivity contribution in [3.05, 3.63) is 33.9 Å². The summed E-state index contributed by atoms with van der Waals surface area (Å²) in [5.74, 6) is 0. The summed E-state index contributed by atoms with van der Waals surface area (Å²) in [6.07, 6.45) is 0.471. The number of aliphatic hydroxyl groups excluding tert-OH is 1. The van der Waals surface area contributed by atoms with E-state index in [9.17, 15) is 5.11 Å². The van der Waals surface area contributed by atoms with Crippen LogP contribution >= 0.6 is 0 Å². The summed E-state index contributed by atoms with van der Waals surface area (Å²) in [7, 11) is 0. The molecule has 0 aliphatic heterocycles. The van der Waals surface area contributed by atoms with Crippen molar-refractivity contribution in [2.75, 3.05) is 0 Å². The van der Waals surface area contributed by atoms with Crippen LogP contribution in [0.5, 0.6) is 0 Å². The van der Waals surface area contributed by atoms with Crippen molar-refractivity contribution in [2.45, 2.75) is 47.1 Å². The minimum atomic E-state index is -0.311. The fourth-order valence-corrected chi connectivity index (χ4v) is 1.95. The van der Waals surface area contributed by atoms with Crippen molar-refractivity contribution < 1.29 is 5.11 Å². The standard InChI is InChI=1S/C13H20O/c1-6-12(14)13-10(4)8(2)7-9(3)11(13)5/h7,12,14H,6H2,1-5H3/t12-/m0/s1. The topological polar surface area (TPSA) is 20.2 Å². The number of hydrogen-bond donors (Lipinski definition) is 1. The van der Waals surface area contributed by atoms with Crippen LogP contribution < -0.4 is 0 Å². The summed E-state index contributed by atoms with van der Waals surface area (Å²) in [6, 6.07) is 2.19. The lowest BCUT2D eigenvalue weighted by Crippen LogP contribution is -2.04. The summed E-state index contributed by atoms with van der Waals surface area (Å²) in [4.78, 5) is 0. The van der Waals surface area contributed by atoms with Gasteiger partial charge in [-0.1, -0.05) is 13.0 Å². The maximum atomic E-state index is 9.94. The largest absolute Gasteiger partial charge is 0.388 e. The molecule has 1 atom stereocenters. The van der Waals surface area contributed by atoms with Crippen LogP contribution in [0.3, 0.4) is 0 Å². The van der Waals surface area contributed by atoms with Crippen molar-refractivity contribution in [3.63, 3.8) is 0 Å². The van der Waals surface area contributed by atoms with Crippen molar-refractivity contribution in [3.8, 4) is 0 Å². The Balaban J connectivity index is 3.39. The zero-order valence-corrected chi connectivity index (χ0v) is 9.81. The monoisotopic (exact) mass is 192 g/mol. The second kappa shape index (κ2) is 4.14. The highest BCUT2D eigenvalue weighted by molar-refractivity contribution is 5.45. The highest BCUT2D eigenvalue weighted by Gasteiger charge is 2.14. The van der Waals surface area contributed by atoms with Gasteiger partial charge in [-0.2, -0.15) is 0 Å². The quantitative estimate of drug-likeness (QED) is 0.761. The van der Waals surface area contributed by atoms with Gasteiger partial charge in [0.15, 0.2) is 0 Å². The molecule has 1 aromatic carbocycles. The Bertz CT molecular complexity index is 313. The van der Waals surface area contributed by atoms with Crippen molar-refractivity contribution >= 4 is 0 Å². The number of aryl methyl sites for hydroxylation is 2. The molecule has 0 amide bonds. The zero-order chi connectivity index (χ0) is 10.9. The van der Waals surface area contributed by atoms with E-state index in [-0.39, 0.29) is 6.10 Å². The summed E-state index contributed by atoms with van der Waals surface area (Å²) >= 11 is 0. The number of benzene rings is 1. The highest BCUT2D eigenvalue weighted by Crippen LogP contribution is 2.28. The smallest absolute Gasteiger partial charge is 0.0792 e. The van der Waals surface area contributed by atoms with Crippen LogP contribution in [0.4, 0.5) is 0 Å². The van der Waals surface area contributed by atoms with Gasteiger partial charge >= 0.3 is 0 Å². The molecule has 0 radical (unpaired) electrons. The second-order valence-electron chi connectivity index (χ2n) is 4.10. The van der Waals surface area contributed by atoms with Crippen molar-refractivity contribution in [1.29, 1.82) is 0 Å². The average molecular weight is 192 g/mol. The van der Waals surface area contributed by atoms with Gasteiger partial charge in [0.05, 0.1) is 6.10 Å². The van der Waals surface area contributed by atoms with E-state index >= 15 is 0 Å². The van der Waals surface area contributed by atoms with Crippen LogP contribution in [0.25, 0.3) is 0 Å². The number of hydrogen-bond acceptors (Lipinski definition) is 1. The predicted molar refractivity (Wildman–Crippen MR) is 60.6 cm³/mol. The molecule has 1 rings (SSSR count). The molecule has 14 heavy (non-hydrogen) atoms. The summed E-state index contributed by atoms with van der Waals surface area (Å²) < 4.78 is 0.